The number of nitrogens with one attached hydrogen (secondary N) is 1. The topological polar surface area (TPSA) is 98.3 Å². The maximum Gasteiger partial charge on any atom is 0.282 e. The van der Waals surface area contributed by atoms with E-state index in [0.29, 0.717) is 22.7 Å². The van der Waals surface area contributed by atoms with E-state index in [1.165, 1.54) is 18.2 Å². The van der Waals surface area contributed by atoms with Gasteiger partial charge >= 0.3 is 0 Å². The molecule has 0 spiro atoms. The number of benzene rings is 2. The van der Waals surface area contributed by atoms with Crippen molar-refractivity contribution in [3.8, 4) is 0 Å². The van der Waals surface area contributed by atoms with Gasteiger partial charge in [-0.3, -0.25) is 14.9 Å². The van der Waals surface area contributed by atoms with Gasteiger partial charge in [0.05, 0.1) is 4.92 Å². The van der Waals surface area contributed by atoms with Crippen LogP contribution in [0.1, 0.15) is 16.2 Å². The molecule has 0 fully saturated rings. The number of nitro benzene ring substituents is 1. The van der Waals surface area contributed by atoms with Crippen molar-refractivity contribution in [2.45, 2.75) is 6.92 Å². The Kier molecular flexibility index (Phi) is 3.30. The van der Waals surface area contributed by atoms with Crippen molar-refractivity contribution in [3.63, 3.8) is 0 Å². The molecule has 7 heteroatoms. The Morgan fingerprint density at radius 2 is 2.05 bits per heavy atom. The Balaban J connectivity index is 1.91. The first-order valence-corrected chi connectivity index (χ1v) is 6.46. The van der Waals surface area contributed by atoms with Gasteiger partial charge in [0.2, 0.25) is 0 Å². The molecule has 0 aliphatic carbocycles. The summed E-state index contributed by atoms with van der Waals surface area (Å²) in [5, 5.41) is 13.6. The Labute approximate surface area is 124 Å². The Hall–Kier alpha value is -3.22. The fourth-order valence-electron chi connectivity index (χ4n) is 2.14. The number of carbonyl (C=O) groups excluding carboxylic acids is 1. The van der Waals surface area contributed by atoms with E-state index in [4.69, 9.17) is 4.42 Å². The number of aromatic nitrogens is 1. The lowest BCUT2D eigenvalue weighted by atomic mass is 10.1. The van der Waals surface area contributed by atoms with Crippen molar-refractivity contribution in [1.82, 2.24) is 4.98 Å². The van der Waals surface area contributed by atoms with E-state index in [2.05, 4.69) is 10.3 Å². The molecule has 0 aliphatic heterocycles. The van der Waals surface area contributed by atoms with Crippen molar-refractivity contribution < 1.29 is 14.1 Å². The van der Waals surface area contributed by atoms with E-state index in [-0.39, 0.29) is 11.3 Å². The van der Waals surface area contributed by atoms with Crippen LogP contribution in [0.4, 0.5) is 11.4 Å². The number of fused-ring (bicyclic) bond motifs is 1. The van der Waals surface area contributed by atoms with Gasteiger partial charge in [0.15, 0.2) is 11.5 Å². The number of nitro groups is 1. The van der Waals surface area contributed by atoms with E-state index >= 15 is 0 Å². The quantitative estimate of drug-likeness (QED) is 0.590. The molecule has 0 saturated carbocycles. The highest BCUT2D eigenvalue weighted by Gasteiger charge is 2.19. The summed E-state index contributed by atoms with van der Waals surface area (Å²) in [5.41, 5.74) is 1.48. The zero-order valence-electron chi connectivity index (χ0n) is 11.6. The molecular formula is C15H11N3O4. The van der Waals surface area contributed by atoms with E-state index in [1.807, 2.05) is 0 Å². The second-order valence-electron chi connectivity index (χ2n) is 4.64. The van der Waals surface area contributed by atoms with E-state index in [0.717, 1.165) is 0 Å². The van der Waals surface area contributed by atoms with Crippen molar-refractivity contribution in [2.75, 3.05) is 5.32 Å². The summed E-state index contributed by atoms with van der Waals surface area (Å²) in [6, 6.07) is 10.8. The number of rotatable bonds is 3. The highest BCUT2D eigenvalue weighted by molar-refractivity contribution is 6.07. The van der Waals surface area contributed by atoms with Gasteiger partial charge < -0.3 is 9.73 Å². The predicted molar refractivity (Wildman–Crippen MR) is 79.8 cm³/mol. The van der Waals surface area contributed by atoms with Gasteiger partial charge in [-0.05, 0) is 24.3 Å². The number of anilines is 1. The molecule has 2 aromatic carbocycles. The minimum absolute atomic E-state index is 0.00364. The first kappa shape index (κ1) is 13.7. The third-order valence-electron chi connectivity index (χ3n) is 3.10. The summed E-state index contributed by atoms with van der Waals surface area (Å²) >= 11 is 0. The number of carbonyl (C=O) groups is 1. The molecule has 0 saturated heterocycles. The number of oxazole rings is 1. The van der Waals surface area contributed by atoms with Crippen molar-refractivity contribution in [3.05, 3.63) is 64.0 Å². The zero-order valence-corrected chi connectivity index (χ0v) is 11.6. The standard InChI is InChI=1S/C15H11N3O4/c1-9-16-12-8-10(6-7-14(12)22-9)17-15(19)11-4-2-3-5-13(11)18(20)21/h2-8H,1H3,(H,17,19). The smallest absolute Gasteiger partial charge is 0.282 e. The Bertz CT molecular complexity index is 885. The molecule has 1 aromatic heterocycles. The van der Waals surface area contributed by atoms with E-state index < -0.39 is 10.8 Å². The van der Waals surface area contributed by atoms with Crippen LogP contribution in [0.3, 0.4) is 0 Å². The van der Waals surface area contributed by atoms with Gasteiger partial charge in [0.25, 0.3) is 11.6 Å². The average molecular weight is 297 g/mol. The van der Waals surface area contributed by atoms with Crippen LogP contribution in [0.2, 0.25) is 0 Å². The van der Waals surface area contributed by atoms with Crippen molar-refractivity contribution in [2.24, 2.45) is 0 Å². The van der Waals surface area contributed by atoms with Gasteiger partial charge in [-0.15, -0.1) is 0 Å². The predicted octanol–water partition coefficient (Wildman–Crippen LogP) is 3.30. The second kappa shape index (κ2) is 5.28. The van der Waals surface area contributed by atoms with E-state index in [1.54, 1.807) is 31.2 Å². The maximum absolute atomic E-state index is 12.2. The first-order valence-electron chi connectivity index (χ1n) is 6.46. The molecule has 110 valence electrons. The number of hydrogen-bond donors (Lipinski definition) is 1. The summed E-state index contributed by atoms with van der Waals surface area (Å²) in [6.45, 7) is 1.73. The van der Waals surface area contributed by atoms with Crippen LogP contribution in [0.25, 0.3) is 11.1 Å². The van der Waals surface area contributed by atoms with Crippen LogP contribution in [-0.2, 0) is 0 Å². The number of aryl methyl sites for hydroxylation is 1. The van der Waals surface area contributed by atoms with Crippen LogP contribution in [0.15, 0.2) is 46.9 Å². The highest BCUT2D eigenvalue weighted by atomic mass is 16.6. The van der Waals surface area contributed by atoms with Gasteiger partial charge in [-0.25, -0.2) is 4.98 Å². The number of para-hydroxylation sites is 1. The molecule has 0 aliphatic rings. The zero-order chi connectivity index (χ0) is 15.7. The number of nitrogens with zero attached hydrogens (tertiary/aromatic N) is 2. The molecule has 22 heavy (non-hydrogen) atoms. The summed E-state index contributed by atoms with van der Waals surface area (Å²) in [6.07, 6.45) is 0. The lowest BCUT2D eigenvalue weighted by molar-refractivity contribution is -0.385. The highest BCUT2D eigenvalue weighted by Crippen LogP contribution is 2.22. The molecule has 0 bridgehead atoms. The summed E-state index contributed by atoms with van der Waals surface area (Å²) in [4.78, 5) is 26.8. The minimum Gasteiger partial charge on any atom is -0.441 e. The van der Waals surface area contributed by atoms with E-state index in [9.17, 15) is 14.9 Å². The molecule has 1 heterocycles. The normalized spacial score (nSPS) is 10.6. The lowest BCUT2D eigenvalue weighted by Gasteiger charge is -2.05. The van der Waals surface area contributed by atoms with Gasteiger partial charge in [0.1, 0.15) is 11.1 Å². The van der Waals surface area contributed by atoms with Crippen LogP contribution in [0, 0.1) is 17.0 Å². The minimum atomic E-state index is -0.584. The lowest BCUT2D eigenvalue weighted by Crippen LogP contribution is -2.13. The van der Waals surface area contributed by atoms with Crippen LogP contribution in [-0.4, -0.2) is 15.8 Å². The molecular weight excluding hydrogens is 286 g/mol. The van der Waals surface area contributed by atoms with Crippen molar-refractivity contribution >= 4 is 28.4 Å². The third-order valence-corrected chi connectivity index (χ3v) is 3.10. The molecule has 7 nitrogen and oxygen atoms in total. The second-order valence-corrected chi connectivity index (χ2v) is 4.64. The van der Waals surface area contributed by atoms with Gasteiger partial charge in [-0.2, -0.15) is 0 Å². The molecule has 0 atom stereocenters. The Morgan fingerprint density at radius 1 is 1.27 bits per heavy atom. The fourth-order valence-corrected chi connectivity index (χ4v) is 2.14. The largest absolute Gasteiger partial charge is 0.441 e. The number of amides is 1. The van der Waals surface area contributed by atoms with Gasteiger partial charge in [0, 0.05) is 18.7 Å². The third kappa shape index (κ3) is 2.51. The van der Waals surface area contributed by atoms with Gasteiger partial charge in [-0.1, -0.05) is 12.1 Å². The molecule has 3 rings (SSSR count). The summed E-state index contributed by atoms with van der Waals surface area (Å²) in [5.74, 6) is -0.0240. The van der Waals surface area contributed by atoms with Crippen LogP contribution >= 0.6 is 0 Å². The fraction of sp³-hybridized carbons (Fsp3) is 0.0667. The Morgan fingerprint density at radius 3 is 2.82 bits per heavy atom. The molecule has 3 aromatic rings. The van der Waals surface area contributed by atoms with Crippen LogP contribution in [0.5, 0.6) is 0 Å². The maximum atomic E-state index is 12.2. The van der Waals surface area contributed by atoms with Crippen molar-refractivity contribution in [1.29, 1.82) is 0 Å². The van der Waals surface area contributed by atoms with Crippen LogP contribution < -0.4 is 5.32 Å². The molecule has 1 amide bonds. The number of hydrogen-bond acceptors (Lipinski definition) is 5. The summed E-state index contributed by atoms with van der Waals surface area (Å²) < 4.78 is 5.35. The molecule has 1 N–H and O–H groups in total. The molecule has 0 radical (unpaired) electrons. The SMILES string of the molecule is Cc1nc2cc(NC(=O)c3ccccc3[N+](=O)[O-])ccc2o1. The monoisotopic (exact) mass is 297 g/mol. The molecule has 0 unspecified atom stereocenters. The summed E-state index contributed by atoms with van der Waals surface area (Å²) in [7, 11) is 0. The first-order chi connectivity index (χ1) is 10.5. The average Bonchev–Trinajstić information content (AvgIpc) is 2.86.